The van der Waals surface area contributed by atoms with E-state index in [0.717, 1.165) is 5.56 Å². The third-order valence-corrected chi connectivity index (χ3v) is 3.27. The Balaban J connectivity index is 2.45. The van der Waals surface area contributed by atoms with Gasteiger partial charge in [0.1, 0.15) is 5.82 Å². The minimum absolute atomic E-state index is 0.142. The van der Waals surface area contributed by atoms with Gasteiger partial charge in [-0.2, -0.15) is 0 Å². The quantitative estimate of drug-likeness (QED) is 0.800. The molecule has 3 nitrogen and oxygen atoms in total. The number of halogens is 1. The summed E-state index contributed by atoms with van der Waals surface area (Å²) < 4.78 is 13.7. The van der Waals surface area contributed by atoms with Gasteiger partial charge < -0.3 is 10.8 Å². The van der Waals surface area contributed by atoms with Gasteiger partial charge in [-0.3, -0.25) is 4.79 Å². The van der Waals surface area contributed by atoms with Crippen LogP contribution >= 0.6 is 0 Å². The Morgan fingerprint density at radius 2 is 2.19 bits per heavy atom. The number of carboxylic acid groups (broad SMARTS) is 1. The van der Waals surface area contributed by atoms with E-state index in [1.807, 2.05) is 0 Å². The van der Waals surface area contributed by atoms with Crippen molar-refractivity contribution in [1.29, 1.82) is 0 Å². The standard InChI is InChI=1S/C12H14FNO2/c1-7-2-3-9(10(13)4-7)12(11(15)16)5-8(14)6-12/h2-4,8H,5-6,14H2,1H3,(H,15,16). The molecule has 3 N–H and O–H groups in total. The molecule has 4 heteroatoms. The zero-order valence-electron chi connectivity index (χ0n) is 9.03. The summed E-state index contributed by atoms with van der Waals surface area (Å²) in [4.78, 5) is 11.3. The second-order valence-electron chi connectivity index (χ2n) is 4.54. The summed E-state index contributed by atoms with van der Waals surface area (Å²) in [6.45, 7) is 1.77. The summed E-state index contributed by atoms with van der Waals surface area (Å²) in [5.74, 6) is -1.44. The fourth-order valence-electron chi connectivity index (χ4n) is 2.35. The Hall–Kier alpha value is -1.42. The molecule has 0 unspecified atom stereocenters. The normalized spacial score (nSPS) is 28.6. The van der Waals surface area contributed by atoms with Crippen molar-refractivity contribution in [1.82, 2.24) is 0 Å². The second-order valence-corrected chi connectivity index (χ2v) is 4.54. The zero-order chi connectivity index (χ0) is 11.9. The molecule has 0 atom stereocenters. The molecule has 0 aromatic heterocycles. The molecule has 1 aliphatic rings. The number of hydrogen-bond donors (Lipinski definition) is 2. The molecule has 1 aromatic carbocycles. The monoisotopic (exact) mass is 223 g/mol. The SMILES string of the molecule is Cc1ccc(C2(C(=O)O)CC(N)C2)c(F)c1. The molecule has 0 spiro atoms. The van der Waals surface area contributed by atoms with E-state index in [4.69, 9.17) is 5.73 Å². The van der Waals surface area contributed by atoms with Gasteiger partial charge in [0.05, 0.1) is 5.41 Å². The number of carboxylic acids is 1. The van der Waals surface area contributed by atoms with Gasteiger partial charge in [-0.15, -0.1) is 0 Å². The summed E-state index contributed by atoms with van der Waals surface area (Å²) in [6.07, 6.45) is 0.616. The van der Waals surface area contributed by atoms with Crippen LogP contribution in [0.15, 0.2) is 18.2 Å². The third kappa shape index (κ3) is 1.50. The predicted octanol–water partition coefficient (Wildman–Crippen LogP) is 1.58. The lowest BCUT2D eigenvalue weighted by Crippen LogP contribution is -2.54. The number of carbonyl (C=O) groups is 1. The average molecular weight is 223 g/mol. The molecular weight excluding hydrogens is 209 g/mol. The molecule has 0 heterocycles. The van der Waals surface area contributed by atoms with Gasteiger partial charge in [0.25, 0.3) is 0 Å². The second kappa shape index (κ2) is 3.56. The van der Waals surface area contributed by atoms with Crippen LogP contribution in [0.3, 0.4) is 0 Å². The summed E-state index contributed by atoms with van der Waals surface area (Å²) in [5, 5.41) is 9.23. The van der Waals surface area contributed by atoms with E-state index in [1.165, 1.54) is 6.07 Å². The highest BCUT2D eigenvalue weighted by Gasteiger charge is 2.51. The molecule has 0 amide bonds. The zero-order valence-corrected chi connectivity index (χ0v) is 9.03. The molecule has 0 radical (unpaired) electrons. The maximum Gasteiger partial charge on any atom is 0.314 e. The highest BCUT2D eigenvalue weighted by molar-refractivity contribution is 5.83. The Kier molecular flexibility index (Phi) is 2.46. The van der Waals surface area contributed by atoms with E-state index >= 15 is 0 Å². The molecule has 1 aliphatic carbocycles. The van der Waals surface area contributed by atoms with E-state index in [0.29, 0.717) is 12.8 Å². The van der Waals surface area contributed by atoms with Crippen LogP contribution in [0.2, 0.25) is 0 Å². The van der Waals surface area contributed by atoms with Gasteiger partial charge in [0.2, 0.25) is 0 Å². The Bertz CT molecular complexity index is 439. The highest BCUT2D eigenvalue weighted by atomic mass is 19.1. The average Bonchev–Trinajstić information content (AvgIpc) is 2.12. The van der Waals surface area contributed by atoms with Crippen molar-refractivity contribution in [2.24, 2.45) is 5.73 Å². The minimum atomic E-state index is -1.11. The van der Waals surface area contributed by atoms with E-state index in [9.17, 15) is 14.3 Å². The van der Waals surface area contributed by atoms with Crippen LogP contribution in [0.4, 0.5) is 4.39 Å². The van der Waals surface area contributed by atoms with Crippen LogP contribution in [-0.4, -0.2) is 17.1 Å². The van der Waals surface area contributed by atoms with Gasteiger partial charge >= 0.3 is 5.97 Å². The number of aliphatic carboxylic acids is 1. The lowest BCUT2D eigenvalue weighted by atomic mass is 9.61. The van der Waals surface area contributed by atoms with E-state index < -0.39 is 17.2 Å². The van der Waals surface area contributed by atoms with Gasteiger partial charge in [0.15, 0.2) is 0 Å². The molecule has 1 saturated carbocycles. The first-order valence-corrected chi connectivity index (χ1v) is 5.21. The first-order chi connectivity index (χ1) is 7.45. The van der Waals surface area contributed by atoms with E-state index in [-0.39, 0.29) is 11.6 Å². The van der Waals surface area contributed by atoms with Crippen LogP contribution in [0, 0.1) is 12.7 Å². The summed E-state index contributed by atoms with van der Waals surface area (Å²) in [6, 6.07) is 4.51. The molecule has 0 bridgehead atoms. The van der Waals surface area contributed by atoms with Crippen LogP contribution < -0.4 is 5.73 Å². The topological polar surface area (TPSA) is 63.3 Å². The highest BCUT2D eigenvalue weighted by Crippen LogP contribution is 2.44. The molecule has 0 aliphatic heterocycles. The maximum atomic E-state index is 13.7. The summed E-state index contributed by atoms with van der Waals surface area (Å²) in [5.41, 5.74) is 5.55. The van der Waals surface area contributed by atoms with Crippen molar-refractivity contribution in [3.63, 3.8) is 0 Å². The van der Waals surface area contributed by atoms with Gasteiger partial charge in [-0.25, -0.2) is 4.39 Å². The fourth-order valence-corrected chi connectivity index (χ4v) is 2.35. The lowest BCUT2D eigenvalue weighted by molar-refractivity contribution is -0.148. The van der Waals surface area contributed by atoms with Crippen LogP contribution in [0.5, 0.6) is 0 Å². The Morgan fingerprint density at radius 1 is 1.56 bits per heavy atom. The van der Waals surface area contributed by atoms with E-state index in [1.54, 1.807) is 19.1 Å². The molecule has 16 heavy (non-hydrogen) atoms. The van der Waals surface area contributed by atoms with Crippen LogP contribution in [-0.2, 0) is 10.2 Å². The maximum absolute atomic E-state index is 13.7. The van der Waals surface area contributed by atoms with Crippen molar-refractivity contribution in [2.75, 3.05) is 0 Å². The number of rotatable bonds is 2. The van der Waals surface area contributed by atoms with Crippen molar-refractivity contribution >= 4 is 5.97 Å². The van der Waals surface area contributed by atoms with Crippen molar-refractivity contribution < 1.29 is 14.3 Å². The number of hydrogen-bond acceptors (Lipinski definition) is 2. The predicted molar refractivity (Wildman–Crippen MR) is 57.7 cm³/mol. The number of benzene rings is 1. The molecular formula is C12H14FNO2. The van der Waals surface area contributed by atoms with Crippen LogP contribution in [0.25, 0.3) is 0 Å². The summed E-state index contributed by atoms with van der Waals surface area (Å²) >= 11 is 0. The molecule has 1 aromatic rings. The first kappa shape index (κ1) is 11.1. The van der Waals surface area contributed by atoms with Gasteiger partial charge in [0, 0.05) is 11.6 Å². The van der Waals surface area contributed by atoms with E-state index in [2.05, 4.69) is 0 Å². The largest absolute Gasteiger partial charge is 0.481 e. The first-order valence-electron chi connectivity index (χ1n) is 5.21. The van der Waals surface area contributed by atoms with Crippen molar-refractivity contribution in [3.8, 4) is 0 Å². The third-order valence-electron chi connectivity index (χ3n) is 3.27. The van der Waals surface area contributed by atoms with Crippen molar-refractivity contribution in [3.05, 3.63) is 35.1 Å². The van der Waals surface area contributed by atoms with Crippen molar-refractivity contribution in [2.45, 2.75) is 31.2 Å². The number of aryl methyl sites for hydroxylation is 1. The molecule has 86 valence electrons. The van der Waals surface area contributed by atoms with Gasteiger partial charge in [-0.1, -0.05) is 12.1 Å². The fraction of sp³-hybridized carbons (Fsp3) is 0.417. The smallest absolute Gasteiger partial charge is 0.314 e. The molecule has 0 saturated heterocycles. The number of nitrogens with two attached hydrogens (primary N) is 1. The Morgan fingerprint density at radius 3 is 2.62 bits per heavy atom. The molecule has 1 fully saturated rings. The summed E-state index contributed by atoms with van der Waals surface area (Å²) in [7, 11) is 0. The Labute approximate surface area is 93.1 Å². The van der Waals surface area contributed by atoms with Gasteiger partial charge in [-0.05, 0) is 31.4 Å². The molecule has 2 rings (SSSR count). The lowest BCUT2D eigenvalue weighted by Gasteiger charge is -2.43. The minimum Gasteiger partial charge on any atom is -0.481 e. The van der Waals surface area contributed by atoms with Crippen LogP contribution in [0.1, 0.15) is 24.0 Å².